The molecule has 100 valence electrons. The minimum atomic E-state index is -3.32. The third-order valence-corrected chi connectivity index (χ3v) is 2.85. The highest BCUT2D eigenvalue weighted by Crippen LogP contribution is 2.08. The quantitative estimate of drug-likeness (QED) is 0.865. The van der Waals surface area contributed by atoms with Crippen LogP contribution in [0.4, 0.5) is 11.6 Å². The first-order chi connectivity index (χ1) is 9.03. The summed E-state index contributed by atoms with van der Waals surface area (Å²) in [7, 11) is -3.32. The Morgan fingerprint density at radius 3 is 2.21 bits per heavy atom. The number of hydrogen-bond acceptors (Lipinski definition) is 5. The Kier molecular flexibility index (Phi) is 3.96. The van der Waals surface area contributed by atoms with Crippen molar-refractivity contribution in [1.82, 2.24) is 10.2 Å². The van der Waals surface area contributed by atoms with E-state index in [0.29, 0.717) is 12.4 Å². The molecule has 0 fully saturated rings. The van der Waals surface area contributed by atoms with Crippen LogP contribution in [0.25, 0.3) is 0 Å². The molecular formula is C12H14N4O2S. The zero-order chi connectivity index (χ0) is 13.7. The van der Waals surface area contributed by atoms with Crippen molar-refractivity contribution in [2.75, 3.05) is 16.3 Å². The van der Waals surface area contributed by atoms with E-state index in [1.165, 1.54) is 0 Å². The molecule has 2 rings (SSSR count). The number of aromatic nitrogens is 2. The number of benzene rings is 1. The average molecular weight is 278 g/mol. The van der Waals surface area contributed by atoms with Crippen LogP contribution in [-0.4, -0.2) is 24.9 Å². The maximum atomic E-state index is 11.0. The first-order valence-electron chi connectivity index (χ1n) is 5.62. The van der Waals surface area contributed by atoms with E-state index in [1.54, 1.807) is 12.1 Å². The average Bonchev–Trinajstić information content (AvgIpc) is 2.37. The Morgan fingerprint density at radius 2 is 1.63 bits per heavy atom. The van der Waals surface area contributed by atoms with Gasteiger partial charge in [-0.25, -0.2) is 8.42 Å². The van der Waals surface area contributed by atoms with E-state index in [-0.39, 0.29) is 5.82 Å². The van der Waals surface area contributed by atoms with Gasteiger partial charge in [0.05, 0.1) is 6.26 Å². The van der Waals surface area contributed by atoms with Gasteiger partial charge in [0.1, 0.15) is 5.82 Å². The van der Waals surface area contributed by atoms with Crippen LogP contribution in [0.15, 0.2) is 42.5 Å². The highest BCUT2D eigenvalue weighted by molar-refractivity contribution is 7.92. The first-order valence-corrected chi connectivity index (χ1v) is 7.51. The zero-order valence-corrected chi connectivity index (χ0v) is 11.2. The number of anilines is 2. The maximum Gasteiger partial charge on any atom is 0.231 e. The molecule has 2 aromatic rings. The molecule has 0 aliphatic carbocycles. The van der Waals surface area contributed by atoms with Crippen LogP contribution >= 0.6 is 0 Å². The second-order valence-corrected chi connectivity index (χ2v) is 5.77. The van der Waals surface area contributed by atoms with E-state index in [1.807, 2.05) is 30.3 Å². The van der Waals surface area contributed by atoms with Gasteiger partial charge in [0.2, 0.25) is 10.0 Å². The van der Waals surface area contributed by atoms with Gasteiger partial charge in [-0.3, -0.25) is 4.72 Å². The van der Waals surface area contributed by atoms with Crippen LogP contribution in [0.1, 0.15) is 5.56 Å². The summed E-state index contributed by atoms with van der Waals surface area (Å²) in [5.74, 6) is 0.788. The Labute approximate surface area is 111 Å². The Hall–Kier alpha value is -2.15. The molecule has 7 heteroatoms. The van der Waals surface area contributed by atoms with Gasteiger partial charge in [-0.1, -0.05) is 30.3 Å². The predicted octanol–water partition coefficient (Wildman–Crippen LogP) is 1.46. The Morgan fingerprint density at radius 1 is 1.00 bits per heavy atom. The van der Waals surface area contributed by atoms with Gasteiger partial charge in [0, 0.05) is 6.54 Å². The van der Waals surface area contributed by atoms with Gasteiger partial charge >= 0.3 is 0 Å². The molecule has 0 atom stereocenters. The summed E-state index contributed by atoms with van der Waals surface area (Å²) < 4.78 is 24.3. The number of rotatable bonds is 5. The van der Waals surface area contributed by atoms with Gasteiger partial charge in [0.15, 0.2) is 5.82 Å². The van der Waals surface area contributed by atoms with Crippen LogP contribution in [0.5, 0.6) is 0 Å². The Balaban J connectivity index is 1.96. The molecule has 1 aromatic heterocycles. The van der Waals surface area contributed by atoms with Crippen LogP contribution in [0.3, 0.4) is 0 Å². The molecule has 1 aromatic carbocycles. The maximum absolute atomic E-state index is 11.0. The minimum absolute atomic E-state index is 0.202. The fraction of sp³-hybridized carbons (Fsp3) is 0.167. The van der Waals surface area contributed by atoms with Crippen molar-refractivity contribution in [3.63, 3.8) is 0 Å². The van der Waals surface area contributed by atoms with Crippen LogP contribution < -0.4 is 10.0 Å². The number of nitrogens with zero attached hydrogens (tertiary/aromatic N) is 2. The van der Waals surface area contributed by atoms with Crippen LogP contribution in [0.2, 0.25) is 0 Å². The SMILES string of the molecule is CS(=O)(=O)Nc1ccc(NCc2ccccc2)nn1. The van der Waals surface area contributed by atoms with Gasteiger partial charge in [-0.15, -0.1) is 10.2 Å². The molecule has 6 nitrogen and oxygen atoms in total. The van der Waals surface area contributed by atoms with Crippen molar-refractivity contribution in [2.45, 2.75) is 6.54 Å². The summed E-state index contributed by atoms with van der Waals surface area (Å²) in [6, 6.07) is 13.1. The minimum Gasteiger partial charge on any atom is -0.365 e. The highest BCUT2D eigenvalue weighted by atomic mass is 32.2. The van der Waals surface area contributed by atoms with E-state index in [4.69, 9.17) is 0 Å². The van der Waals surface area contributed by atoms with Gasteiger partial charge in [-0.2, -0.15) is 0 Å². The lowest BCUT2D eigenvalue weighted by atomic mass is 10.2. The molecule has 0 spiro atoms. The van der Waals surface area contributed by atoms with Gasteiger partial charge in [-0.05, 0) is 17.7 Å². The van der Waals surface area contributed by atoms with Gasteiger partial charge in [0.25, 0.3) is 0 Å². The third kappa shape index (κ3) is 4.55. The van der Waals surface area contributed by atoms with Crippen molar-refractivity contribution in [2.24, 2.45) is 0 Å². The van der Waals surface area contributed by atoms with E-state index < -0.39 is 10.0 Å². The second kappa shape index (κ2) is 5.66. The summed E-state index contributed by atoms with van der Waals surface area (Å²) >= 11 is 0. The normalized spacial score (nSPS) is 11.0. The molecular weight excluding hydrogens is 264 g/mol. The summed E-state index contributed by atoms with van der Waals surface area (Å²) in [6.45, 7) is 0.633. The molecule has 0 saturated heterocycles. The molecule has 0 bridgehead atoms. The number of hydrogen-bond donors (Lipinski definition) is 2. The predicted molar refractivity (Wildman–Crippen MR) is 74.3 cm³/mol. The largest absolute Gasteiger partial charge is 0.365 e. The van der Waals surface area contributed by atoms with Crippen molar-refractivity contribution in [1.29, 1.82) is 0 Å². The topological polar surface area (TPSA) is 84.0 Å². The standard InChI is InChI=1S/C12H14N4O2S/c1-19(17,18)16-12-8-7-11(14-15-12)13-9-10-5-3-2-4-6-10/h2-8H,9H2,1H3,(H,13,14)(H,15,16). The van der Waals surface area contributed by atoms with E-state index in [2.05, 4.69) is 20.2 Å². The lowest BCUT2D eigenvalue weighted by Gasteiger charge is -2.06. The molecule has 0 unspecified atom stereocenters. The van der Waals surface area contributed by atoms with Crippen LogP contribution in [0, 0.1) is 0 Å². The zero-order valence-electron chi connectivity index (χ0n) is 10.4. The molecule has 2 N–H and O–H groups in total. The molecule has 19 heavy (non-hydrogen) atoms. The molecule has 0 saturated carbocycles. The first kappa shape index (κ1) is 13.3. The van der Waals surface area contributed by atoms with Crippen molar-refractivity contribution in [3.05, 3.63) is 48.0 Å². The molecule has 0 amide bonds. The molecule has 0 radical (unpaired) electrons. The fourth-order valence-corrected chi connectivity index (χ4v) is 1.95. The summed E-state index contributed by atoms with van der Waals surface area (Å²) in [5.41, 5.74) is 1.13. The lowest BCUT2D eigenvalue weighted by molar-refractivity contribution is 0.606. The smallest absolute Gasteiger partial charge is 0.231 e. The molecule has 1 heterocycles. The van der Waals surface area contributed by atoms with Crippen molar-refractivity contribution in [3.8, 4) is 0 Å². The lowest BCUT2D eigenvalue weighted by Crippen LogP contribution is -2.11. The van der Waals surface area contributed by atoms with Crippen LogP contribution in [-0.2, 0) is 16.6 Å². The summed E-state index contributed by atoms with van der Waals surface area (Å²) in [5, 5.41) is 10.8. The number of sulfonamides is 1. The van der Waals surface area contributed by atoms with Crippen molar-refractivity contribution >= 4 is 21.7 Å². The summed E-state index contributed by atoms with van der Waals surface area (Å²) in [6.07, 6.45) is 1.07. The summed E-state index contributed by atoms with van der Waals surface area (Å²) in [4.78, 5) is 0. The van der Waals surface area contributed by atoms with Crippen molar-refractivity contribution < 1.29 is 8.42 Å². The van der Waals surface area contributed by atoms with Gasteiger partial charge < -0.3 is 5.32 Å². The Bertz CT molecular complexity index is 627. The number of nitrogens with one attached hydrogen (secondary N) is 2. The second-order valence-electron chi connectivity index (χ2n) is 4.02. The molecule has 0 aliphatic heterocycles. The monoisotopic (exact) mass is 278 g/mol. The van der Waals surface area contributed by atoms with E-state index in [9.17, 15) is 8.42 Å². The van der Waals surface area contributed by atoms with E-state index >= 15 is 0 Å². The van der Waals surface area contributed by atoms with E-state index in [0.717, 1.165) is 11.8 Å². The fourth-order valence-electron chi connectivity index (χ4n) is 1.46. The molecule has 0 aliphatic rings. The third-order valence-electron chi connectivity index (χ3n) is 2.27. The highest BCUT2D eigenvalue weighted by Gasteiger charge is 2.03.